The quantitative estimate of drug-likeness (QED) is 0.682. The Labute approximate surface area is 121 Å². The molecule has 0 bridgehead atoms. The molecule has 0 radical (unpaired) electrons. The van der Waals surface area contributed by atoms with Gasteiger partial charge in [-0.15, -0.1) is 0 Å². The molecule has 112 valence electrons. The molecule has 4 nitrogen and oxygen atoms in total. The van der Waals surface area contributed by atoms with Gasteiger partial charge in [0, 0.05) is 18.7 Å². The fourth-order valence-corrected chi connectivity index (χ4v) is 1.74. The van der Waals surface area contributed by atoms with Crippen molar-refractivity contribution in [2.75, 3.05) is 18.4 Å². The monoisotopic (exact) mass is 278 g/mol. The van der Waals surface area contributed by atoms with E-state index in [0.717, 1.165) is 30.9 Å². The number of amides is 1. The Bertz CT molecular complexity index is 388. The van der Waals surface area contributed by atoms with Gasteiger partial charge in [0.15, 0.2) is 0 Å². The summed E-state index contributed by atoms with van der Waals surface area (Å²) in [6.45, 7) is 7.83. The minimum Gasteiger partial charge on any atom is -0.491 e. The topological polar surface area (TPSA) is 50.4 Å². The largest absolute Gasteiger partial charge is 0.491 e. The van der Waals surface area contributed by atoms with Crippen LogP contribution in [0.15, 0.2) is 24.3 Å². The van der Waals surface area contributed by atoms with Crippen molar-refractivity contribution in [3.63, 3.8) is 0 Å². The van der Waals surface area contributed by atoms with E-state index in [9.17, 15) is 4.79 Å². The van der Waals surface area contributed by atoms with Crippen LogP contribution in [0.2, 0.25) is 0 Å². The Morgan fingerprint density at radius 3 is 2.50 bits per heavy atom. The maximum absolute atomic E-state index is 11.7. The van der Waals surface area contributed by atoms with Gasteiger partial charge in [-0.05, 0) is 51.1 Å². The van der Waals surface area contributed by atoms with E-state index in [1.54, 1.807) is 0 Å². The fourth-order valence-electron chi connectivity index (χ4n) is 1.74. The van der Waals surface area contributed by atoms with Crippen molar-refractivity contribution in [3.05, 3.63) is 24.3 Å². The molecular weight excluding hydrogens is 252 g/mol. The van der Waals surface area contributed by atoms with E-state index >= 15 is 0 Å². The highest BCUT2D eigenvalue weighted by Crippen LogP contribution is 2.16. The highest BCUT2D eigenvalue weighted by atomic mass is 16.5. The highest BCUT2D eigenvalue weighted by Gasteiger charge is 2.03. The molecule has 1 aromatic rings. The van der Waals surface area contributed by atoms with E-state index in [2.05, 4.69) is 17.6 Å². The minimum absolute atomic E-state index is 0.0338. The molecule has 20 heavy (non-hydrogen) atoms. The summed E-state index contributed by atoms with van der Waals surface area (Å²) in [5, 5.41) is 6.13. The Hall–Kier alpha value is -1.55. The van der Waals surface area contributed by atoms with Gasteiger partial charge in [0.2, 0.25) is 5.91 Å². The van der Waals surface area contributed by atoms with Crippen molar-refractivity contribution in [2.24, 2.45) is 0 Å². The lowest BCUT2D eigenvalue weighted by atomic mass is 10.3. The Morgan fingerprint density at radius 1 is 1.20 bits per heavy atom. The lowest BCUT2D eigenvalue weighted by Crippen LogP contribution is -2.22. The van der Waals surface area contributed by atoms with Crippen molar-refractivity contribution < 1.29 is 9.53 Å². The van der Waals surface area contributed by atoms with Gasteiger partial charge in [0.1, 0.15) is 5.75 Å². The van der Waals surface area contributed by atoms with Crippen molar-refractivity contribution in [2.45, 2.75) is 46.1 Å². The average Bonchev–Trinajstić information content (AvgIpc) is 2.40. The van der Waals surface area contributed by atoms with E-state index < -0.39 is 0 Å². The molecule has 0 aliphatic rings. The standard InChI is InChI=1S/C16H26N2O2/c1-4-5-11-17-12-10-16(19)18-14-6-8-15(9-7-14)20-13(2)3/h6-9,13,17H,4-5,10-12H2,1-3H3,(H,18,19). The van der Waals surface area contributed by atoms with E-state index in [1.807, 2.05) is 38.1 Å². The van der Waals surface area contributed by atoms with Gasteiger partial charge in [-0.25, -0.2) is 0 Å². The number of hydrogen-bond donors (Lipinski definition) is 2. The number of carbonyl (C=O) groups excluding carboxylic acids is 1. The molecule has 0 saturated heterocycles. The number of benzene rings is 1. The zero-order chi connectivity index (χ0) is 14.8. The molecule has 0 aliphatic heterocycles. The van der Waals surface area contributed by atoms with Crippen molar-refractivity contribution >= 4 is 11.6 Å². The molecule has 0 fully saturated rings. The normalized spacial score (nSPS) is 10.6. The smallest absolute Gasteiger partial charge is 0.225 e. The third-order valence-corrected chi connectivity index (χ3v) is 2.75. The summed E-state index contributed by atoms with van der Waals surface area (Å²) >= 11 is 0. The van der Waals surface area contributed by atoms with E-state index in [4.69, 9.17) is 4.74 Å². The molecule has 0 atom stereocenters. The van der Waals surface area contributed by atoms with Crippen molar-refractivity contribution in [1.82, 2.24) is 5.32 Å². The molecule has 2 N–H and O–H groups in total. The van der Waals surface area contributed by atoms with Gasteiger partial charge >= 0.3 is 0 Å². The van der Waals surface area contributed by atoms with Crippen LogP contribution in [0.1, 0.15) is 40.0 Å². The first-order valence-electron chi connectivity index (χ1n) is 7.39. The number of carbonyl (C=O) groups is 1. The van der Waals surface area contributed by atoms with Gasteiger partial charge in [-0.1, -0.05) is 13.3 Å². The molecule has 0 unspecified atom stereocenters. The summed E-state index contributed by atoms with van der Waals surface area (Å²) in [5.41, 5.74) is 0.805. The van der Waals surface area contributed by atoms with Gasteiger partial charge < -0.3 is 15.4 Å². The summed E-state index contributed by atoms with van der Waals surface area (Å²) in [6.07, 6.45) is 2.97. The molecule has 0 spiro atoms. The summed E-state index contributed by atoms with van der Waals surface area (Å²) in [6, 6.07) is 7.46. The zero-order valence-electron chi connectivity index (χ0n) is 12.7. The first-order chi connectivity index (χ1) is 9.61. The van der Waals surface area contributed by atoms with Crippen LogP contribution < -0.4 is 15.4 Å². The predicted molar refractivity (Wildman–Crippen MR) is 83.2 cm³/mol. The molecule has 0 aromatic heterocycles. The van der Waals surface area contributed by atoms with E-state index in [1.165, 1.54) is 6.42 Å². The number of unbranched alkanes of at least 4 members (excludes halogenated alkanes) is 1. The zero-order valence-corrected chi connectivity index (χ0v) is 12.7. The first kappa shape index (κ1) is 16.5. The number of anilines is 1. The number of nitrogens with one attached hydrogen (secondary N) is 2. The molecule has 0 heterocycles. The van der Waals surface area contributed by atoms with Crippen LogP contribution in [0.3, 0.4) is 0 Å². The van der Waals surface area contributed by atoms with Crippen LogP contribution in [0.4, 0.5) is 5.69 Å². The maximum atomic E-state index is 11.7. The van der Waals surface area contributed by atoms with Gasteiger partial charge in [0.25, 0.3) is 0 Å². The highest BCUT2D eigenvalue weighted by molar-refractivity contribution is 5.90. The first-order valence-corrected chi connectivity index (χ1v) is 7.39. The number of hydrogen-bond acceptors (Lipinski definition) is 3. The second-order valence-corrected chi connectivity index (χ2v) is 5.09. The fraction of sp³-hybridized carbons (Fsp3) is 0.562. The lowest BCUT2D eigenvalue weighted by molar-refractivity contribution is -0.116. The van der Waals surface area contributed by atoms with Crippen LogP contribution in [0.5, 0.6) is 5.75 Å². The number of rotatable bonds is 9. The summed E-state index contributed by atoms with van der Waals surface area (Å²) < 4.78 is 5.55. The summed E-state index contributed by atoms with van der Waals surface area (Å²) in [4.78, 5) is 11.7. The second kappa shape index (κ2) is 9.37. The lowest BCUT2D eigenvalue weighted by Gasteiger charge is -2.10. The average molecular weight is 278 g/mol. The van der Waals surface area contributed by atoms with Gasteiger partial charge in [0.05, 0.1) is 6.10 Å². The van der Waals surface area contributed by atoms with Crippen molar-refractivity contribution in [3.8, 4) is 5.75 Å². The predicted octanol–water partition coefficient (Wildman–Crippen LogP) is 3.19. The molecule has 0 saturated carbocycles. The second-order valence-electron chi connectivity index (χ2n) is 5.09. The summed E-state index contributed by atoms with van der Waals surface area (Å²) in [7, 11) is 0. The van der Waals surface area contributed by atoms with Crippen LogP contribution >= 0.6 is 0 Å². The molecule has 4 heteroatoms. The molecule has 0 aliphatic carbocycles. The summed E-state index contributed by atoms with van der Waals surface area (Å²) in [5.74, 6) is 0.853. The van der Waals surface area contributed by atoms with Crippen LogP contribution in [-0.4, -0.2) is 25.1 Å². The molecular formula is C16H26N2O2. The SMILES string of the molecule is CCCCNCCC(=O)Nc1ccc(OC(C)C)cc1. The Balaban J connectivity index is 2.27. The van der Waals surface area contributed by atoms with Crippen molar-refractivity contribution in [1.29, 1.82) is 0 Å². The van der Waals surface area contributed by atoms with Crippen LogP contribution in [0, 0.1) is 0 Å². The maximum Gasteiger partial charge on any atom is 0.225 e. The van der Waals surface area contributed by atoms with Crippen LogP contribution in [-0.2, 0) is 4.79 Å². The number of ether oxygens (including phenoxy) is 1. The van der Waals surface area contributed by atoms with Gasteiger partial charge in [-0.3, -0.25) is 4.79 Å². The van der Waals surface area contributed by atoms with E-state index in [-0.39, 0.29) is 12.0 Å². The Kier molecular flexibility index (Phi) is 7.73. The molecule has 1 aromatic carbocycles. The van der Waals surface area contributed by atoms with Gasteiger partial charge in [-0.2, -0.15) is 0 Å². The molecule has 1 rings (SSSR count). The third kappa shape index (κ3) is 7.14. The van der Waals surface area contributed by atoms with Crippen LogP contribution in [0.25, 0.3) is 0 Å². The third-order valence-electron chi connectivity index (χ3n) is 2.75. The Morgan fingerprint density at radius 2 is 1.90 bits per heavy atom. The minimum atomic E-state index is 0.0338. The molecule has 1 amide bonds. The van der Waals surface area contributed by atoms with E-state index in [0.29, 0.717) is 6.42 Å².